The van der Waals surface area contributed by atoms with Crippen molar-refractivity contribution in [3.05, 3.63) is 47.8 Å². The Balaban J connectivity index is 1.76. The normalized spacial score (nSPS) is 15.5. The molecule has 0 atom stereocenters. The highest BCUT2D eigenvalue weighted by molar-refractivity contribution is 7.99. The third-order valence-corrected chi connectivity index (χ3v) is 6.70. The molecule has 1 amide bonds. The van der Waals surface area contributed by atoms with Crippen molar-refractivity contribution in [1.82, 2.24) is 9.29 Å². The number of benzene rings is 1. The Morgan fingerprint density at radius 1 is 1.19 bits per heavy atom. The SMILES string of the molecule is O=C(O)c1cccc(NC(=O)c2cc(S(=O)(=O)N3CCSCC3)c[nH]2)c1. The number of rotatable bonds is 5. The third kappa shape index (κ3) is 3.92. The van der Waals surface area contributed by atoms with Crippen LogP contribution in [0.25, 0.3) is 0 Å². The molecule has 10 heteroatoms. The summed E-state index contributed by atoms with van der Waals surface area (Å²) in [4.78, 5) is 26.0. The van der Waals surface area contributed by atoms with Crippen molar-refractivity contribution >= 4 is 39.3 Å². The van der Waals surface area contributed by atoms with E-state index < -0.39 is 21.9 Å². The summed E-state index contributed by atoms with van der Waals surface area (Å²) in [6.45, 7) is 0.892. The molecule has 138 valence electrons. The molecule has 0 saturated carbocycles. The van der Waals surface area contributed by atoms with Crippen molar-refractivity contribution in [3.63, 3.8) is 0 Å². The lowest BCUT2D eigenvalue weighted by Crippen LogP contribution is -2.37. The summed E-state index contributed by atoms with van der Waals surface area (Å²) >= 11 is 1.70. The second-order valence-electron chi connectivity index (χ2n) is 5.61. The van der Waals surface area contributed by atoms with Crippen molar-refractivity contribution in [3.8, 4) is 0 Å². The first kappa shape index (κ1) is 18.5. The molecular weight excluding hydrogens is 378 g/mol. The third-order valence-electron chi connectivity index (χ3n) is 3.88. The maximum atomic E-state index is 12.6. The lowest BCUT2D eigenvalue weighted by Gasteiger charge is -2.24. The topological polar surface area (TPSA) is 120 Å². The van der Waals surface area contributed by atoms with Crippen molar-refractivity contribution < 1.29 is 23.1 Å². The number of aromatic carboxylic acids is 1. The molecule has 3 N–H and O–H groups in total. The van der Waals surface area contributed by atoms with Gasteiger partial charge in [-0.3, -0.25) is 4.79 Å². The number of thioether (sulfide) groups is 1. The first-order valence-electron chi connectivity index (χ1n) is 7.79. The average Bonchev–Trinajstić information content (AvgIpc) is 3.14. The number of aromatic amines is 1. The molecule has 26 heavy (non-hydrogen) atoms. The van der Waals surface area contributed by atoms with Gasteiger partial charge in [-0.25, -0.2) is 13.2 Å². The van der Waals surface area contributed by atoms with E-state index in [1.807, 2.05) is 0 Å². The largest absolute Gasteiger partial charge is 0.478 e. The van der Waals surface area contributed by atoms with Gasteiger partial charge in [-0.15, -0.1) is 0 Å². The smallest absolute Gasteiger partial charge is 0.335 e. The Kier molecular flexibility index (Phi) is 5.35. The molecule has 2 heterocycles. The molecule has 1 saturated heterocycles. The van der Waals surface area contributed by atoms with Crippen LogP contribution >= 0.6 is 11.8 Å². The van der Waals surface area contributed by atoms with Gasteiger partial charge in [-0.1, -0.05) is 6.07 Å². The number of nitrogens with zero attached hydrogens (tertiary/aromatic N) is 1. The number of carbonyl (C=O) groups is 2. The van der Waals surface area contributed by atoms with Gasteiger partial charge in [0.05, 0.1) is 5.56 Å². The van der Waals surface area contributed by atoms with Crippen LogP contribution in [0.1, 0.15) is 20.8 Å². The predicted octanol–water partition coefficient (Wildman–Crippen LogP) is 1.70. The summed E-state index contributed by atoms with van der Waals surface area (Å²) in [5.41, 5.74) is 0.429. The number of carboxylic acids is 1. The summed E-state index contributed by atoms with van der Waals surface area (Å²) in [5.74, 6) is -0.161. The number of aromatic nitrogens is 1. The Morgan fingerprint density at radius 3 is 2.62 bits per heavy atom. The van der Waals surface area contributed by atoms with Gasteiger partial charge >= 0.3 is 5.97 Å². The lowest BCUT2D eigenvalue weighted by atomic mass is 10.2. The average molecular weight is 395 g/mol. The monoisotopic (exact) mass is 395 g/mol. The fraction of sp³-hybridized carbons (Fsp3) is 0.250. The van der Waals surface area contributed by atoms with Gasteiger partial charge in [0.15, 0.2) is 0 Å². The first-order chi connectivity index (χ1) is 12.4. The number of hydrogen-bond donors (Lipinski definition) is 3. The maximum absolute atomic E-state index is 12.6. The Labute approximate surface area is 154 Å². The molecule has 8 nitrogen and oxygen atoms in total. The highest BCUT2D eigenvalue weighted by Gasteiger charge is 2.27. The van der Waals surface area contributed by atoms with Crippen molar-refractivity contribution in [1.29, 1.82) is 0 Å². The fourth-order valence-corrected chi connectivity index (χ4v) is 5.09. The Hall–Kier alpha value is -2.30. The lowest BCUT2D eigenvalue weighted by molar-refractivity contribution is 0.0696. The van der Waals surface area contributed by atoms with Crippen LogP contribution in [-0.2, 0) is 10.0 Å². The van der Waals surface area contributed by atoms with Gasteiger partial charge in [-0.05, 0) is 24.3 Å². The van der Waals surface area contributed by atoms with Crippen LogP contribution in [0.15, 0.2) is 41.4 Å². The Morgan fingerprint density at radius 2 is 1.92 bits per heavy atom. The van der Waals surface area contributed by atoms with Gasteiger partial charge in [0, 0.05) is 36.5 Å². The van der Waals surface area contributed by atoms with Gasteiger partial charge < -0.3 is 15.4 Å². The molecule has 2 aromatic rings. The van der Waals surface area contributed by atoms with Crippen molar-refractivity contribution in [2.75, 3.05) is 29.9 Å². The van der Waals surface area contributed by atoms with E-state index in [4.69, 9.17) is 5.11 Å². The van der Waals surface area contributed by atoms with Crippen molar-refractivity contribution in [2.45, 2.75) is 4.90 Å². The van der Waals surface area contributed by atoms with E-state index in [1.165, 1.54) is 34.8 Å². The first-order valence-corrected chi connectivity index (χ1v) is 10.4. The molecule has 0 radical (unpaired) electrons. The van der Waals surface area contributed by atoms with E-state index in [-0.39, 0.29) is 16.2 Å². The number of amides is 1. The molecule has 0 spiro atoms. The van der Waals surface area contributed by atoms with Crippen LogP contribution in [0.4, 0.5) is 5.69 Å². The van der Waals surface area contributed by atoms with E-state index in [0.29, 0.717) is 18.8 Å². The molecular formula is C16H17N3O5S2. The second kappa shape index (κ2) is 7.52. The minimum absolute atomic E-state index is 0.0360. The van der Waals surface area contributed by atoms with E-state index >= 15 is 0 Å². The van der Waals surface area contributed by atoms with E-state index in [0.717, 1.165) is 11.5 Å². The summed E-state index contributed by atoms with van der Waals surface area (Å²) < 4.78 is 26.6. The summed E-state index contributed by atoms with van der Waals surface area (Å²) in [6, 6.07) is 7.09. The number of hydrogen-bond acceptors (Lipinski definition) is 5. The van der Waals surface area contributed by atoms with Crippen LogP contribution in [0.3, 0.4) is 0 Å². The summed E-state index contributed by atoms with van der Waals surface area (Å²) in [6.07, 6.45) is 1.29. The van der Waals surface area contributed by atoms with Crippen LogP contribution in [0, 0.1) is 0 Å². The summed E-state index contributed by atoms with van der Waals surface area (Å²) in [5, 5.41) is 11.5. The number of nitrogens with one attached hydrogen (secondary N) is 2. The van der Waals surface area contributed by atoms with Gasteiger partial charge in [0.2, 0.25) is 10.0 Å². The molecule has 0 unspecified atom stereocenters. The molecule has 0 bridgehead atoms. The van der Waals surface area contributed by atoms with Crippen molar-refractivity contribution in [2.24, 2.45) is 0 Å². The summed E-state index contributed by atoms with van der Waals surface area (Å²) in [7, 11) is -3.63. The standard InChI is InChI=1S/C16H17N3O5S2/c20-15(18-12-3-1-2-11(8-12)16(21)22)14-9-13(10-17-14)26(23,24)19-4-6-25-7-5-19/h1-3,8-10,17H,4-7H2,(H,18,20)(H,21,22). The molecule has 1 aromatic heterocycles. The Bertz CT molecular complexity index is 933. The number of sulfonamides is 1. The number of carbonyl (C=O) groups excluding carboxylic acids is 1. The van der Waals surface area contributed by atoms with E-state index in [2.05, 4.69) is 10.3 Å². The highest BCUT2D eigenvalue weighted by atomic mass is 32.2. The highest BCUT2D eigenvalue weighted by Crippen LogP contribution is 2.21. The minimum atomic E-state index is -3.63. The van der Waals surface area contributed by atoms with Gasteiger partial charge in [0.25, 0.3) is 5.91 Å². The second-order valence-corrected chi connectivity index (χ2v) is 8.77. The number of H-pyrrole nitrogens is 1. The quantitative estimate of drug-likeness (QED) is 0.709. The predicted molar refractivity (Wildman–Crippen MR) is 98.2 cm³/mol. The minimum Gasteiger partial charge on any atom is -0.478 e. The molecule has 0 aliphatic carbocycles. The molecule has 1 fully saturated rings. The van der Waals surface area contributed by atoms with E-state index in [9.17, 15) is 18.0 Å². The zero-order valence-corrected chi connectivity index (χ0v) is 15.3. The van der Waals surface area contributed by atoms with Crippen LogP contribution < -0.4 is 5.32 Å². The maximum Gasteiger partial charge on any atom is 0.335 e. The zero-order chi connectivity index (χ0) is 18.7. The fourth-order valence-electron chi connectivity index (χ4n) is 2.52. The molecule has 1 aliphatic rings. The van der Waals surface area contributed by atoms with Crippen LogP contribution in [-0.4, -0.2) is 59.3 Å². The van der Waals surface area contributed by atoms with E-state index in [1.54, 1.807) is 17.8 Å². The molecule has 1 aromatic carbocycles. The number of carboxylic acid groups (broad SMARTS) is 1. The van der Waals surface area contributed by atoms with Crippen LogP contribution in [0.2, 0.25) is 0 Å². The molecule has 1 aliphatic heterocycles. The number of anilines is 1. The van der Waals surface area contributed by atoms with Gasteiger partial charge in [-0.2, -0.15) is 16.1 Å². The zero-order valence-electron chi connectivity index (χ0n) is 13.6. The van der Waals surface area contributed by atoms with Gasteiger partial charge in [0.1, 0.15) is 10.6 Å². The molecule has 3 rings (SSSR count). The van der Waals surface area contributed by atoms with Crippen LogP contribution in [0.5, 0.6) is 0 Å².